The Morgan fingerprint density at radius 3 is 2.39 bits per heavy atom. The first-order valence-corrected chi connectivity index (χ1v) is 7.94. The van der Waals surface area contributed by atoms with Crippen LogP contribution in [0.4, 0.5) is 26.1 Å². The van der Waals surface area contributed by atoms with Gasteiger partial charge in [-0.3, -0.25) is 0 Å². The van der Waals surface area contributed by atoms with Crippen LogP contribution >= 0.6 is 0 Å². The number of aromatic nitrogens is 2. The largest absolute Gasteiger partial charge is 0.356 e. The van der Waals surface area contributed by atoms with E-state index < -0.39 is 11.6 Å². The minimum absolute atomic E-state index is 0.462. The highest BCUT2D eigenvalue weighted by Gasteiger charge is 2.13. The number of halogens is 2. The molecule has 4 nitrogen and oxygen atoms in total. The molecule has 23 heavy (non-hydrogen) atoms. The zero-order valence-electron chi connectivity index (χ0n) is 13.1. The first-order chi connectivity index (χ1) is 11.1. The summed E-state index contributed by atoms with van der Waals surface area (Å²) in [5.74, 6) is 0.372. The smallest absolute Gasteiger partial charge is 0.160 e. The lowest BCUT2D eigenvalue weighted by Gasteiger charge is -2.22. The molecule has 1 aromatic heterocycles. The van der Waals surface area contributed by atoms with Gasteiger partial charge in [0.05, 0.1) is 0 Å². The van der Waals surface area contributed by atoms with Crippen LogP contribution in [-0.2, 0) is 0 Å². The summed E-state index contributed by atoms with van der Waals surface area (Å²) in [5.41, 5.74) is 0.462. The number of benzene rings is 1. The predicted molar refractivity (Wildman–Crippen MR) is 87.1 cm³/mol. The van der Waals surface area contributed by atoms with E-state index in [1.54, 1.807) is 0 Å². The van der Waals surface area contributed by atoms with E-state index in [-0.39, 0.29) is 0 Å². The van der Waals surface area contributed by atoms with Gasteiger partial charge in [0, 0.05) is 30.9 Å². The monoisotopic (exact) mass is 318 g/mol. The van der Waals surface area contributed by atoms with E-state index in [9.17, 15) is 8.78 Å². The first-order valence-electron chi connectivity index (χ1n) is 7.94. The molecule has 1 N–H and O–H groups in total. The van der Waals surface area contributed by atoms with Gasteiger partial charge in [-0.15, -0.1) is 0 Å². The molecule has 2 aromatic rings. The van der Waals surface area contributed by atoms with E-state index in [2.05, 4.69) is 20.2 Å². The third-order valence-corrected chi connectivity index (χ3v) is 3.95. The summed E-state index contributed by atoms with van der Waals surface area (Å²) in [4.78, 5) is 11.1. The normalized spacial score (nSPS) is 15.3. The van der Waals surface area contributed by atoms with Crippen molar-refractivity contribution in [2.24, 2.45) is 0 Å². The van der Waals surface area contributed by atoms with E-state index in [1.807, 2.05) is 13.0 Å². The number of hydrogen-bond acceptors (Lipinski definition) is 4. The highest BCUT2D eigenvalue weighted by atomic mass is 19.2. The predicted octanol–water partition coefficient (Wildman–Crippen LogP) is 4.19. The van der Waals surface area contributed by atoms with E-state index in [0.717, 1.165) is 43.9 Å². The summed E-state index contributed by atoms with van der Waals surface area (Å²) < 4.78 is 26.3. The van der Waals surface area contributed by atoms with Crippen LogP contribution in [0.1, 0.15) is 31.5 Å². The molecule has 0 bridgehead atoms. The van der Waals surface area contributed by atoms with Crippen molar-refractivity contribution >= 4 is 17.3 Å². The van der Waals surface area contributed by atoms with Gasteiger partial charge in [0.25, 0.3) is 0 Å². The Morgan fingerprint density at radius 2 is 1.70 bits per heavy atom. The Labute approximate surface area is 134 Å². The van der Waals surface area contributed by atoms with Gasteiger partial charge in [-0.2, -0.15) is 0 Å². The molecule has 0 aliphatic carbocycles. The average Bonchev–Trinajstić information content (AvgIpc) is 2.80. The Morgan fingerprint density at radius 1 is 0.957 bits per heavy atom. The van der Waals surface area contributed by atoms with Crippen LogP contribution in [0.5, 0.6) is 0 Å². The summed E-state index contributed by atoms with van der Waals surface area (Å²) >= 11 is 0. The third-order valence-electron chi connectivity index (χ3n) is 3.95. The lowest BCUT2D eigenvalue weighted by molar-refractivity contribution is 0.509. The van der Waals surface area contributed by atoms with Crippen LogP contribution < -0.4 is 10.2 Å². The van der Waals surface area contributed by atoms with E-state index in [4.69, 9.17) is 0 Å². The lowest BCUT2D eigenvalue weighted by Crippen LogP contribution is -2.25. The molecule has 1 aliphatic rings. The molecule has 0 saturated carbocycles. The number of anilines is 3. The molecule has 1 saturated heterocycles. The summed E-state index contributed by atoms with van der Waals surface area (Å²) in [7, 11) is 0. The second-order valence-corrected chi connectivity index (χ2v) is 5.81. The molecule has 1 fully saturated rings. The molecule has 0 amide bonds. The van der Waals surface area contributed by atoms with E-state index in [1.165, 1.54) is 18.9 Å². The second-order valence-electron chi connectivity index (χ2n) is 5.81. The molecule has 0 spiro atoms. The Kier molecular flexibility index (Phi) is 4.69. The highest BCUT2D eigenvalue weighted by Crippen LogP contribution is 2.23. The fourth-order valence-electron chi connectivity index (χ4n) is 2.80. The van der Waals surface area contributed by atoms with Crippen molar-refractivity contribution in [3.05, 3.63) is 41.7 Å². The summed E-state index contributed by atoms with van der Waals surface area (Å²) in [6.07, 6.45) is 4.82. The molecule has 3 rings (SSSR count). The van der Waals surface area contributed by atoms with Crippen molar-refractivity contribution in [1.82, 2.24) is 9.97 Å². The fraction of sp³-hybridized carbons (Fsp3) is 0.412. The SMILES string of the molecule is Cc1nc(Nc2ccc(F)c(F)c2)cc(N2CCCCCC2)n1. The van der Waals surface area contributed by atoms with Crippen LogP contribution in [0.15, 0.2) is 24.3 Å². The maximum atomic E-state index is 13.3. The molecule has 0 atom stereocenters. The van der Waals surface area contributed by atoms with Crippen LogP contribution in [0, 0.1) is 18.6 Å². The van der Waals surface area contributed by atoms with Crippen molar-refractivity contribution < 1.29 is 8.78 Å². The van der Waals surface area contributed by atoms with Crippen molar-refractivity contribution in [1.29, 1.82) is 0 Å². The molecule has 6 heteroatoms. The molecule has 1 aliphatic heterocycles. The number of rotatable bonds is 3. The van der Waals surface area contributed by atoms with Gasteiger partial charge < -0.3 is 10.2 Å². The van der Waals surface area contributed by atoms with Gasteiger partial charge in [0.15, 0.2) is 11.6 Å². The topological polar surface area (TPSA) is 41.1 Å². The third kappa shape index (κ3) is 3.94. The zero-order chi connectivity index (χ0) is 16.2. The first kappa shape index (κ1) is 15.6. The summed E-state index contributed by atoms with van der Waals surface area (Å²) in [5, 5.41) is 3.02. The van der Waals surface area contributed by atoms with E-state index in [0.29, 0.717) is 17.3 Å². The second kappa shape index (κ2) is 6.89. The van der Waals surface area contributed by atoms with Crippen LogP contribution in [0.3, 0.4) is 0 Å². The van der Waals surface area contributed by atoms with Gasteiger partial charge in [0.2, 0.25) is 0 Å². The quantitative estimate of drug-likeness (QED) is 0.921. The highest BCUT2D eigenvalue weighted by molar-refractivity contribution is 5.59. The fourth-order valence-corrected chi connectivity index (χ4v) is 2.80. The van der Waals surface area contributed by atoms with Gasteiger partial charge >= 0.3 is 0 Å². The van der Waals surface area contributed by atoms with Gasteiger partial charge in [-0.05, 0) is 31.9 Å². The van der Waals surface area contributed by atoms with Crippen molar-refractivity contribution in [3.8, 4) is 0 Å². The molecule has 122 valence electrons. The Bertz CT molecular complexity index is 682. The van der Waals surface area contributed by atoms with Gasteiger partial charge in [0.1, 0.15) is 17.5 Å². The van der Waals surface area contributed by atoms with Crippen LogP contribution in [0.2, 0.25) is 0 Å². The molecule has 1 aromatic carbocycles. The van der Waals surface area contributed by atoms with Gasteiger partial charge in [-0.25, -0.2) is 18.7 Å². The maximum absolute atomic E-state index is 13.3. The maximum Gasteiger partial charge on any atom is 0.160 e. The molecular weight excluding hydrogens is 298 g/mol. The van der Waals surface area contributed by atoms with Crippen molar-refractivity contribution in [2.45, 2.75) is 32.6 Å². The molecule has 0 unspecified atom stereocenters. The van der Waals surface area contributed by atoms with E-state index >= 15 is 0 Å². The zero-order valence-corrected chi connectivity index (χ0v) is 13.1. The Balaban J connectivity index is 1.83. The standard InChI is InChI=1S/C17H20F2N4/c1-12-20-16(22-13-6-7-14(18)15(19)10-13)11-17(21-12)23-8-4-2-3-5-9-23/h6-7,10-11H,2-5,8-9H2,1H3,(H,20,21,22). The minimum Gasteiger partial charge on any atom is -0.356 e. The number of nitrogens with one attached hydrogen (secondary N) is 1. The van der Waals surface area contributed by atoms with Crippen molar-refractivity contribution in [3.63, 3.8) is 0 Å². The Hall–Kier alpha value is -2.24. The molecule has 0 radical (unpaired) electrons. The number of aryl methyl sites for hydroxylation is 1. The minimum atomic E-state index is -0.881. The molecule has 2 heterocycles. The number of hydrogen-bond donors (Lipinski definition) is 1. The lowest BCUT2D eigenvalue weighted by atomic mass is 10.2. The summed E-state index contributed by atoms with van der Waals surface area (Å²) in [6.45, 7) is 3.81. The van der Waals surface area contributed by atoms with Crippen LogP contribution in [0.25, 0.3) is 0 Å². The molecular formula is C17H20F2N4. The van der Waals surface area contributed by atoms with Gasteiger partial charge in [-0.1, -0.05) is 12.8 Å². The number of nitrogens with zero attached hydrogens (tertiary/aromatic N) is 3. The summed E-state index contributed by atoms with van der Waals surface area (Å²) in [6, 6.07) is 5.57. The van der Waals surface area contributed by atoms with Crippen molar-refractivity contribution in [2.75, 3.05) is 23.3 Å². The average molecular weight is 318 g/mol. The van der Waals surface area contributed by atoms with Crippen LogP contribution in [-0.4, -0.2) is 23.1 Å².